The molecule has 1 aromatic heterocycles. The van der Waals surface area contributed by atoms with Gasteiger partial charge in [-0.25, -0.2) is 4.98 Å². The Morgan fingerprint density at radius 3 is 2.09 bits per heavy atom. The summed E-state index contributed by atoms with van der Waals surface area (Å²) in [7, 11) is 0. The third-order valence-electron chi connectivity index (χ3n) is 6.71. The minimum absolute atomic E-state index is 1.07. The van der Waals surface area contributed by atoms with Crippen molar-refractivity contribution in [2.24, 2.45) is 0 Å². The molecule has 34 heavy (non-hydrogen) atoms. The molecule has 0 radical (unpaired) electrons. The van der Waals surface area contributed by atoms with Gasteiger partial charge in [-0.3, -0.25) is 0 Å². The van der Waals surface area contributed by atoms with E-state index in [1.807, 2.05) is 0 Å². The average Bonchev–Trinajstić information content (AvgIpc) is 3.30. The van der Waals surface area contributed by atoms with Crippen LogP contribution in [0, 0.1) is 6.92 Å². The van der Waals surface area contributed by atoms with Gasteiger partial charge in [0.05, 0.1) is 10.2 Å². The highest BCUT2D eigenvalue weighted by Crippen LogP contribution is 2.38. The Morgan fingerprint density at radius 1 is 0.559 bits per heavy atom. The largest absolute Gasteiger partial charge is 0.236 e. The van der Waals surface area contributed by atoms with Crippen molar-refractivity contribution < 1.29 is 0 Å². The molecule has 0 aliphatic rings. The van der Waals surface area contributed by atoms with Gasteiger partial charge >= 0.3 is 0 Å². The summed E-state index contributed by atoms with van der Waals surface area (Å²) in [5, 5.41) is 8.79. The molecular weight excluding hydrogens is 430 g/mol. The van der Waals surface area contributed by atoms with Gasteiger partial charge in [0.1, 0.15) is 5.01 Å². The maximum atomic E-state index is 4.86. The van der Waals surface area contributed by atoms with Gasteiger partial charge in [-0.05, 0) is 86.3 Å². The van der Waals surface area contributed by atoms with Gasteiger partial charge in [-0.2, -0.15) is 0 Å². The summed E-state index contributed by atoms with van der Waals surface area (Å²) >= 11 is 1.76. The van der Waals surface area contributed by atoms with E-state index in [4.69, 9.17) is 4.98 Å². The van der Waals surface area contributed by atoms with Crippen LogP contribution in [0.2, 0.25) is 0 Å². The molecule has 7 aromatic rings. The van der Waals surface area contributed by atoms with Gasteiger partial charge in [-0.1, -0.05) is 78.9 Å². The maximum absolute atomic E-state index is 4.86. The zero-order valence-electron chi connectivity index (χ0n) is 18.7. The minimum atomic E-state index is 1.07. The van der Waals surface area contributed by atoms with Crippen molar-refractivity contribution in [3.8, 4) is 21.7 Å². The van der Waals surface area contributed by atoms with Gasteiger partial charge in [0.25, 0.3) is 0 Å². The second-order valence-electron chi connectivity index (χ2n) is 8.96. The Bertz CT molecular complexity index is 1860. The molecule has 0 bridgehead atoms. The Labute approximate surface area is 201 Å². The summed E-state index contributed by atoms with van der Waals surface area (Å²) in [4.78, 5) is 4.86. The minimum Gasteiger partial charge on any atom is -0.236 e. The summed E-state index contributed by atoms with van der Waals surface area (Å²) in [6.45, 7) is 2.13. The number of aromatic nitrogens is 1. The second-order valence-corrected chi connectivity index (χ2v) is 9.99. The molecule has 0 N–H and O–H groups in total. The van der Waals surface area contributed by atoms with Crippen molar-refractivity contribution in [2.75, 3.05) is 0 Å². The lowest BCUT2D eigenvalue weighted by atomic mass is 9.91. The third kappa shape index (κ3) is 3.11. The second kappa shape index (κ2) is 7.51. The predicted molar refractivity (Wildman–Crippen MR) is 148 cm³/mol. The number of fused-ring (bicyclic) bond motifs is 5. The fourth-order valence-corrected chi connectivity index (χ4v) is 6.05. The molecule has 1 nitrogen and oxygen atoms in total. The zero-order valence-corrected chi connectivity index (χ0v) is 19.6. The molecule has 0 saturated heterocycles. The van der Waals surface area contributed by atoms with Crippen LogP contribution in [-0.2, 0) is 0 Å². The fourth-order valence-electron chi connectivity index (χ4n) is 4.98. The fraction of sp³-hybridized carbons (Fsp3) is 0.0312. The SMILES string of the molecule is Cc1ccc2nc(-c3ccc(-c4cc5cc6ccccc6cc5c5ccccc45)cc3)sc2c1. The van der Waals surface area contributed by atoms with Crippen LogP contribution < -0.4 is 0 Å². The standard InChI is InChI=1S/C32H21NS/c1-20-10-15-30-31(16-20)34-32(33-30)22-13-11-21(12-14-22)28-19-25-17-23-6-2-3-7-24(23)18-29(25)27-9-5-4-8-26(27)28/h2-19H,1H3. The summed E-state index contributed by atoms with van der Waals surface area (Å²) in [5.41, 5.74) is 6.01. The smallest absolute Gasteiger partial charge is 0.124 e. The van der Waals surface area contributed by atoms with E-state index in [9.17, 15) is 0 Å². The molecule has 0 saturated carbocycles. The lowest BCUT2D eigenvalue weighted by molar-refractivity contribution is 1.45. The van der Waals surface area contributed by atoms with E-state index >= 15 is 0 Å². The van der Waals surface area contributed by atoms with Crippen LogP contribution in [0.5, 0.6) is 0 Å². The molecule has 6 aromatic carbocycles. The Balaban J connectivity index is 1.39. The number of thiazole rings is 1. The van der Waals surface area contributed by atoms with Crippen LogP contribution in [-0.4, -0.2) is 4.98 Å². The molecule has 0 aliphatic carbocycles. The lowest BCUT2D eigenvalue weighted by Gasteiger charge is -2.12. The first-order valence-electron chi connectivity index (χ1n) is 11.6. The predicted octanol–water partition coefficient (Wildman–Crippen LogP) is 9.40. The summed E-state index contributed by atoms with van der Waals surface area (Å²) in [6, 6.07) is 39.7. The topological polar surface area (TPSA) is 12.9 Å². The molecule has 0 spiro atoms. The number of rotatable bonds is 2. The Kier molecular flexibility index (Phi) is 4.30. The van der Waals surface area contributed by atoms with E-state index < -0.39 is 0 Å². The monoisotopic (exact) mass is 451 g/mol. The van der Waals surface area contributed by atoms with Crippen molar-refractivity contribution in [1.82, 2.24) is 4.98 Å². The highest BCUT2D eigenvalue weighted by Gasteiger charge is 2.11. The van der Waals surface area contributed by atoms with Crippen molar-refractivity contribution in [1.29, 1.82) is 0 Å². The van der Waals surface area contributed by atoms with Crippen LogP contribution >= 0.6 is 11.3 Å². The third-order valence-corrected chi connectivity index (χ3v) is 7.78. The molecule has 0 unspecified atom stereocenters. The number of aryl methyl sites for hydroxylation is 1. The van der Waals surface area contributed by atoms with Crippen LogP contribution in [0.1, 0.15) is 5.56 Å². The highest BCUT2D eigenvalue weighted by molar-refractivity contribution is 7.21. The molecule has 0 fully saturated rings. The van der Waals surface area contributed by atoms with Gasteiger partial charge in [0, 0.05) is 5.56 Å². The van der Waals surface area contributed by atoms with Crippen molar-refractivity contribution in [3.05, 3.63) is 115 Å². The molecule has 2 heteroatoms. The van der Waals surface area contributed by atoms with Crippen LogP contribution in [0.15, 0.2) is 109 Å². The number of nitrogens with zero attached hydrogens (tertiary/aromatic N) is 1. The van der Waals surface area contributed by atoms with E-state index in [1.165, 1.54) is 59.3 Å². The van der Waals surface area contributed by atoms with Gasteiger partial charge in [0.15, 0.2) is 0 Å². The highest BCUT2D eigenvalue weighted by atomic mass is 32.1. The molecule has 0 amide bonds. The van der Waals surface area contributed by atoms with E-state index in [2.05, 4.69) is 116 Å². The molecule has 0 aliphatic heterocycles. The first-order valence-corrected chi connectivity index (χ1v) is 12.4. The normalized spacial score (nSPS) is 11.7. The molecule has 7 rings (SSSR count). The maximum Gasteiger partial charge on any atom is 0.124 e. The Morgan fingerprint density at radius 2 is 1.26 bits per heavy atom. The molecular formula is C32H21NS. The van der Waals surface area contributed by atoms with E-state index in [-0.39, 0.29) is 0 Å². The van der Waals surface area contributed by atoms with Crippen LogP contribution in [0.25, 0.3) is 64.2 Å². The van der Waals surface area contributed by atoms with Crippen molar-refractivity contribution in [3.63, 3.8) is 0 Å². The molecule has 160 valence electrons. The van der Waals surface area contributed by atoms with Gasteiger partial charge in [-0.15, -0.1) is 11.3 Å². The Hall–Kier alpha value is -4.01. The van der Waals surface area contributed by atoms with E-state index in [1.54, 1.807) is 11.3 Å². The van der Waals surface area contributed by atoms with Gasteiger partial charge in [0.2, 0.25) is 0 Å². The van der Waals surface area contributed by atoms with E-state index in [0.29, 0.717) is 0 Å². The first kappa shape index (κ1) is 19.5. The van der Waals surface area contributed by atoms with Crippen molar-refractivity contribution >= 4 is 53.9 Å². The van der Waals surface area contributed by atoms with Crippen LogP contribution in [0.4, 0.5) is 0 Å². The summed E-state index contributed by atoms with van der Waals surface area (Å²) < 4.78 is 1.24. The lowest BCUT2D eigenvalue weighted by Crippen LogP contribution is -1.86. The summed E-state index contributed by atoms with van der Waals surface area (Å²) in [5.74, 6) is 0. The molecule has 0 atom stereocenters. The number of benzene rings is 6. The van der Waals surface area contributed by atoms with Crippen molar-refractivity contribution in [2.45, 2.75) is 6.92 Å². The quantitative estimate of drug-likeness (QED) is 0.188. The number of hydrogen-bond acceptors (Lipinski definition) is 2. The average molecular weight is 452 g/mol. The zero-order chi connectivity index (χ0) is 22.6. The number of hydrogen-bond donors (Lipinski definition) is 0. The molecule has 1 heterocycles. The first-order chi connectivity index (χ1) is 16.7. The summed E-state index contributed by atoms with van der Waals surface area (Å²) in [6.07, 6.45) is 0. The van der Waals surface area contributed by atoms with E-state index in [0.717, 1.165) is 10.5 Å². The van der Waals surface area contributed by atoms with Crippen LogP contribution in [0.3, 0.4) is 0 Å². The van der Waals surface area contributed by atoms with Gasteiger partial charge < -0.3 is 0 Å².